The lowest BCUT2D eigenvalue weighted by atomic mass is 10.2. The van der Waals surface area contributed by atoms with Crippen molar-refractivity contribution in [2.75, 3.05) is 0 Å². The SMILES string of the molecule is CCc1nn(C)cc1CNC(=S)NN. The minimum absolute atomic E-state index is 0.441. The average molecular weight is 213 g/mol. The zero-order valence-corrected chi connectivity index (χ0v) is 9.19. The molecule has 0 aliphatic heterocycles. The van der Waals surface area contributed by atoms with Gasteiger partial charge in [0, 0.05) is 25.4 Å². The van der Waals surface area contributed by atoms with Crippen LogP contribution in [0.5, 0.6) is 0 Å². The van der Waals surface area contributed by atoms with Crippen LogP contribution in [0, 0.1) is 0 Å². The van der Waals surface area contributed by atoms with Crippen LogP contribution in [0.15, 0.2) is 6.20 Å². The molecular weight excluding hydrogens is 198 g/mol. The molecule has 0 saturated heterocycles. The van der Waals surface area contributed by atoms with Crippen LogP contribution >= 0.6 is 12.2 Å². The van der Waals surface area contributed by atoms with E-state index in [1.165, 1.54) is 0 Å². The summed E-state index contributed by atoms with van der Waals surface area (Å²) in [5, 5.41) is 7.73. The first-order valence-corrected chi connectivity index (χ1v) is 4.84. The van der Waals surface area contributed by atoms with Crippen molar-refractivity contribution in [2.45, 2.75) is 19.9 Å². The number of nitrogens with two attached hydrogens (primary N) is 1. The van der Waals surface area contributed by atoms with Crippen LogP contribution in [0.4, 0.5) is 0 Å². The largest absolute Gasteiger partial charge is 0.357 e. The molecule has 0 atom stereocenters. The fourth-order valence-corrected chi connectivity index (χ4v) is 1.33. The molecule has 0 radical (unpaired) electrons. The highest BCUT2D eigenvalue weighted by Crippen LogP contribution is 2.06. The predicted molar refractivity (Wildman–Crippen MR) is 59.3 cm³/mol. The number of hydrazine groups is 1. The summed E-state index contributed by atoms with van der Waals surface area (Å²) in [7, 11) is 1.90. The molecule has 0 bridgehead atoms. The van der Waals surface area contributed by atoms with E-state index in [2.05, 4.69) is 22.8 Å². The number of nitrogens with one attached hydrogen (secondary N) is 2. The number of aromatic nitrogens is 2. The van der Waals surface area contributed by atoms with Gasteiger partial charge in [0.25, 0.3) is 0 Å². The van der Waals surface area contributed by atoms with Crippen molar-refractivity contribution in [1.29, 1.82) is 0 Å². The summed E-state index contributed by atoms with van der Waals surface area (Å²) in [4.78, 5) is 0. The lowest BCUT2D eigenvalue weighted by Crippen LogP contribution is -2.39. The molecule has 0 amide bonds. The Kier molecular flexibility index (Phi) is 3.84. The van der Waals surface area contributed by atoms with Crippen molar-refractivity contribution in [3.05, 3.63) is 17.5 Å². The molecule has 0 aliphatic rings. The Bertz CT molecular complexity index is 320. The molecule has 6 heteroatoms. The third kappa shape index (κ3) is 2.68. The van der Waals surface area contributed by atoms with Crippen molar-refractivity contribution >= 4 is 17.3 Å². The molecule has 1 aromatic heterocycles. The zero-order valence-electron chi connectivity index (χ0n) is 8.37. The maximum Gasteiger partial charge on any atom is 0.180 e. The van der Waals surface area contributed by atoms with Gasteiger partial charge in [-0.15, -0.1) is 0 Å². The maximum atomic E-state index is 5.14. The van der Waals surface area contributed by atoms with Gasteiger partial charge >= 0.3 is 0 Å². The van der Waals surface area contributed by atoms with E-state index in [9.17, 15) is 0 Å². The Hall–Kier alpha value is -1.14. The zero-order chi connectivity index (χ0) is 10.6. The molecule has 1 aromatic rings. The third-order valence-electron chi connectivity index (χ3n) is 1.90. The summed E-state index contributed by atoms with van der Waals surface area (Å²) in [5.74, 6) is 5.14. The average Bonchev–Trinajstić information content (AvgIpc) is 2.55. The summed E-state index contributed by atoms with van der Waals surface area (Å²) >= 11 is 4.87. The van der Waals surface area contributed by atoms with Crippen molar-refractivity contribution < 1.29 is 0 Å². The van der Waals surface area contributed by atoms with Gasteiger partial charge < -0.3 is 10.7 Å². The van der Waals surface area contributed by atoms with Crippen molar-refractivity contribution in [1.82, 2.24) is 20.5 Å². The van der Waals surface area contributed by atoms with E-state index >= 15 is 0 Å². The Balaban J connectivity index is 2.61. The summed E-state index contributed by atoms with van der Waals surface area (Å²) in [6.07, 6.45) is 2.89. The van der Waals surface area contributed by atoms with Gasteiger partial charge in [0.2, 0.25) is 0 Å². The molecular formula is C8H15N5S. The minimum Gasteiger partial charge on any atom is -0.357 e. The smallest absolute Gasteiger partial charge is 0.180 e. The van der Waals surface area contributed by atoms with E-state index < -0.39 is 0 Å². The van der Waals surface area contributed by atoms with Crippen LogP contribution < -0.4 is 16.6 Å². The molecule has 1 rings (SSSR count). The van der Waals surface area contributed by atoms with Crippen molar-refractivity contribution in [3.63, 3.8) is 0 Å². The maximum absolute atomic E-state index is 5.14. The van der Waals surface area contributed by atoms with Gasteiger partial charge in [-0.2, -0.15) is 5.10 Å². The monoisotopic (exact) mass is 213 g/mol. The molecule has 1 heterocycles. The fraction of sp³-hybridized carbons (Fsp3) is 0.500. The van der Waals surface area contributed by atoms with Gasteiger partial charge in [0.1, 0.15) is 0 Å². The van der Waals surface area contributed by atoms with Crippen LogP contribution in [0.2, 0.25) is 0 Å². The van der Waals surface area contributed by atoms with Gasteiger partial charge in [-0.25, -0.2) is 5.84 Å². The Labute approximate surface area is 88.6 Å². The van der Waals surface area contributed by atoms with E-state index in [1.807, 2.05) is 13.2 Å². The molecule has 14 heavy (non-hydrogen) atoms. The molecule has 4 N–H and O–H groups in total. The van der Waals surface area contributed by atoms with Gasteiger partial charge in [-0.3, -0.25) is 4.68 Å². The summed E-state index contributed by atoms with van der Waals surface area (Å²) in [6, 6.07) is 0. The van der Waals surface area contributed by atoms with E-state index in [4.69, 9.17) is 18.1 Å². The molecule has 0 unspecified atom stereocenters. The molecule has 0 aliphatic carbocycles. The number of hydrogen-bond donors (Lipinski definition) is 3. The highest BCUT2D eigenvalue weighted by molar-refractivity contribution is 7.80. The van der Waals surface area contributed by atoms with Gasteiger partial charge in [-0.05, 0) is 18.6 Å². The van der Waals surface area contributed by atoms with Crippen LogP contribution in [0.25, 0.3) is 0 Å². The summed E-state index contributed by atoms with van der Waals surface area (Å²) < 4.78 is 1.80. The fourth-order valence-electron chi connectivity index (χ4n) is 1.26. The van der Waals surface area contributed by atoms with Crippen LogP contribution in [-0.2, 0) is 20.0 Å². The van der Waals surface area contributed by atoms with E-state index in [0.717, 1.165) is 17.7 Å². The number of rotatable bonds is 3. The summed E-state index contributed by atoms with van der Waals surface area (Å²) in [5.41, 5.74) is 4.60. The highest BCUT2D eigenvalue weighted by atomic mass is 32.1. The standard InChI is InChI=1S/C8H15N5S/c1-3-7-6(5-13(2)12-7)4-10-8(14)11-9/h5H,3-4,9H2,1-2H3,(H2,10,11,14). The van der Waals surface area contributed by atoms with Crippen LogP contribution in [0.3, 0.4) is 0 Å². The molecule has 0 fully saturated rings. The lowest BCUT2D eigenvalue weighted by molar-refractivity contribution is 0.746. The second-order valence-electron chi connectivity index (χ2n) is 2.96. The second-order valence-corrected chi connectivity index (χ2v) is 3.36. The Morgan fingerprint density at radius 3 is 3.00 bits per heavy atom. The highest BCUT2D eigenvalue weighted by Gasteiger charge is 2.05. The topological polar surface area (TPSA) is 67.9 Å². The van der Waals surface area contributed by atoms with Gasteiger partial charge in [0.05, 0.1) is 5.69 Å². The second kappa shape index (κ2) is 4.92. The van der Waals surface area contributed by atoms with Crippen molar-refractivity contribution in [2.24, 2.45) is 12.9 Å². The van der Waals surface area contributed by atoms with Gasteiger partial charge in [0.15, 0.2) is 5.11 Å². The first kappa shape index (κ1) is 10.9. The van der Waals surface area contributed by atoms with E-state index in [-0.39, 0.29) is 0 Å². The van der Waals surface area contributed by atoms with Gasteiger partial charge in [-0.1, -0.05) is 6.92 Å². The lowest BCUT2D eigenvalue weighted by Gasteiger charge is -2.05. The summed E-state index contributed by atoms with van der Waals surface area (Å²) in [6.45, 7) is 2.73. The number of hydrogen-bond acceptors (Lipinski definition) is 3. The van der Waals surface area contributed by atoms with Crippen LogP contribution in [0.1, 0.15) is 18.2 Å². The number of thiocarbonyl (C=S) groups is 1. The van der Waals surface area contributed by atoms with Crippen LogP contribution in [-0.4, -0.2) is 14.9 Å². The molecule has 5 nitrogen and oxygen atoms in total. The van der Waals surface area contributed by atoms with Crippen molar-refractivity contribution in [3.8, 4) is 0 Å². The van der Waals surface area contributed by atoms with E-state index in [1.54, 1.807) is 4.68 Å². The Morgan fingerprint density at radius 2 is 2.43 bits per heavy atom. The number of aryl methyl sites for hydroxylation is 2. The first-order chi connectivity index (χ1) is 6.67. The molecule has 0 saturated carbocycles. The molecule has 0 spiro atoms. The molecule has 0 aromatic carbocycles. The normalized spacial score (nSPS) is 9.93. The first-order valence-electron chi connectivity index (χ1n) is 4.43. The number of nitrogens with zero attached hydrogens (tertiary/aromatic N) is 2. The minimum atomic E-state index is 0.441. The third-order valence-corrected chi connectivity index (χ3v) is 2.16. The predicted octanol–water partition coefficient (Wildman–Crippen LogP) is -0.180. The molecule has 78 valence electrons. The Morgan fingerprint density at radius 1 is 1.71 bits per heavy atom. The van der Waals surface area contributed by atoms with E-state index in [0.29, 0.717) is 11.7 Å². The quantitative estimate of drug-likeness (QED) is 0.369.